The van der Waals surface area contributed by atoms with Crippen LogP contribution < -0.4 is 5.32 Å². The minimum absolute atomic E-state index is 0.0581. The van der Waals surface area contributed by atoms with Gasteiger partial charge in [0.15, 0.2) is 11.0 Å². The summed E-state index contributed by atoms with van der Waals surface area (Å²) in [6.07, 6.45) is 1.64. The molecule has 0 aliphatic rings. The fourth-order valence-electron chi connectivity index (χ4n) is 2.80. The minimum atomic E-state index is -4.49. The highest BCUT2D eigenvalue weighted by atomic mass is 32.2. The number of anilines is 1. The fourth-order valence-corrected chi connectivity index (χ4v) is 3.54. The van der Waals surface area contributed by atoms with Crippen LogP contribution in [0.4, 0.5) is 18.9 Å². The normalized spacial score (nSPS) is 11.5. The fraction of sp³-hybridized carbons (Fsp3) is 0.150. The van der Waals surface area contributed by atoms with Gasteiger partial charge in [0, 0.05) is 18.1 Å². The van der Waals surface area contributed by atoms with Crippen molar-refractivity contribution in [1.29, 1.82) is 0 Å². The number of halogens is 3. The molecule has 0 aliphatic heterocycles. The number of aromatic nitrogens is 5. The van der Waals surface area contributed by atoms with Crippen LogP contribution in [0.5, 0.6) is 0 Å². The Labute approximate surface area is 183 Å². The number of benzene rings is 1. The number of hydrogen-bond acceptors (Lipinski definition) is 7. The number of thioether (sulfide) groups is 1. The molecule has 0 bridgehead atoms. The molecule has 0 saturated carbocycles. The van der Waals surface area contributed by atoms with Crippen LogP contribution >= 0.6 is 11.8 Å². The van der Waals surface area contributed by atoms with Crippen molar-refractivity contribution in [1.82, 2.24) is 24.7 Å². The molecule has 0 aliphatic carbocycles. The molecule has 8 nitrogen and oxygen atoms in total. The molecule has 1 N–H and O–H groups in total. The Balaban J connectivity index is 1.49. The molecule has 1 aromatic carbocycles. The molecule has 0 unspecified atom stereocenters. The number of alkyl halides is 3. The summed E-state index contributed by atoms with van der Waals surface area (Å²) in [5, 5.41) is 11.2. The summed E-state index contributed by atoms with van der Waals surface area (Å²) < 4.78 is 45.7. The molecule has 32 heavy (non-hydrogen) atoms. The van der Waals surface area contributed by atoms with Crippen molar-refractivity contribution in [2.45, 2.75) is 17.9 Å². The summed E-state index contributed by atoms with van der Waals surface area (Å²) in [7, 11) is 0. The van der Waals surface area contributed by atoms with Gasteiger partial charge < -0.3 is 9.73 Å². The van der Waals surface area contributed by atoms with E-state index in [0.717, 1.165) is 23.9 Å². The zero-order valence-corrected chi connectivity index (χ0v) is 17.1. The summed E-state index contributed by atoms with van der Waals surface area (Å²) in [6.45, 7) is 0.295. The number of furan rings is 1. The predicted molar refractivity (Wildman–Crippen MR) is 110 cm³/mol. The summed E-state index contributed by atoms with van der Waals surface area (Å²) >= 11 is 1.09. The second kappa shape index (κ2) is 9.22. The van der Waals surface area contributed by atoms with Gasteiger partial charge in [0.1, 0.15) is 11.5 Å². The summed E-state index contributed by atoms with van der Waals surface area (Å²) in [6, 6.07) is 7.98. The van der Waals surface area contributed by atoms with E-state index in [4.69, 9.17) is 4.42 Å². The Morgan fingerprint density at radius 2 is 2.03 bits per heavy atom. The molecule has 0 spiro atoms. The Hall–Kier alpha value is -3.67. The zero-order valence-electron chi connectivity index (χ0n) is 16.3. The molecule has 164 valence electrons. The average Bonchev–Trinajstić information content (AvgIpc) is 3.43. The molecular weight excluding hydrogens is 445 g/mol. The Bertz CT molecular complexity index is 1200. The maximum Gasteiger partial charge on any atom is 0.416 e. The van der Waals surface area contributed by atoms with Crippen LogP contribution in [0, 0.1) is 0 Å². The van der Waals surface area contributed by atoms with Crippen LogP contribution in [0.2, 0.25) is 0 Å². The molecule has 3 heterocycles. The number of amides is 1. The number of rotatable bonds is 7. The van der Waals surface area contributed by atoms with Gasteiger partial charge in [0.05, 0.1) is 30.3 Å². The Kier molecular flexibility index (Phi) is 6.21. The second-order valence-corrected chi connectivity index (χ2v) is 7.42. The quantitative estimate of drug-likeness (QED) is 0.414. The van der Waals surface area contributed by atoms with E-state index < -0.39 is 17.6 Å². The van der Waals surface area contributed by atoms with Crippen LogP contribution in [0.15, 0.2) is 70.8 Å². The first-order valence-electron chi connectivity index (χ1n) is 9.22. The van der Waals surface area contributed by atoms with E-state index in [1.165, 1.54) is 37.0 Å². The van der Waals surface area contributed by atoms with E-state index in [2.05, 4.69) is 25.5 Å². The van der Waals surface area contributed by atoms with E-state index in [1.807, 2.05) is 0 Å². The lowest BCUT2D eigenvalue weighted by Crippen LogP contribution is -2.15. The predicted octanol–water partition coefficient (Wildman–Crippen LogP) is 4.13. The number of carbonyl (C=O) groups is 1. The van der Waals surface area contributed by atoms with Gasteiger partial charge in [0.25, 0.3) is 0 Å². The molecule has 3 aromatic heterocycles. The van der Waals surface area contributed by atoms with E-state index in [-0.39, 0.29) is 11.4 Å². The van der Waals surface area contributed by atoms with Gasteiger partial charge in [-0.2, -0.15) is 13.2 Å². The third kappa shape index (κ3) is 5.14. The first-order valence-corrected chi connectivity index (χ1v) is 10.2. The van der Waals surface area contributed by atoms with Gasteiger partial charge in [-0.25, -0.2) is 4.98 Å². The van der Waals surface area contributed by atoms with Crippen LogP contribution in [0.25, 0.3) is 11.5 Å². The SMILES string of the molecule is O=C(CSc1nnc(-c2cnccn2)n1Cc1ccco1)Nc1cccc(C(F)(F)F)c1. The van der Waals surface area contributed by atoms with E-state index in [1.54, 1.807) is 16.7 Å². The van der Waals surface area contributed by atoms with Crippen molar-refractivity contribution < 1.29 is 22.4 Å². The first kappa shape index (κ1) is 21.6. The van der Waals surface area contributed by atoms with Gasteiger partial charge in [-0.1, -0.05) is 17.8 Å². The van der Waals surface area contributed by atoms with E-state index >= 15 is 0 Å². The lowest BCUT2D eigenvalue weighted by Gasteiger charge is -2.10. The summed E-state index contributed by atoms with van der Waals surface area (Å²) in [5.41, 5.74) is -0.288. The second-order valence-electron chi connectivity index (χ2n) is 6.48. The average molecular weight is 460 g/mol. The molecule has 0 fully saturated rings. The van der Waals surface area contributed by atoms with Crippen LogP contribution in [-0.2, 0) is 17.5 Å². The molecule has 1 amide bonds. The van der Waals surface area contributed by atoms with Crippen molar-refractivity contribution in [3.05, 3.63) is 72.6 Å². The summed E-state index contributed by atoms with van der Waals surface area (Å²) in [4.78, 5) is 20.6. The number of nitrogens with zero attached hydrogens (tertiary/aromatic N) is 5. The van der Waals surface area contributed by atoms with Gasteiger partial charge in [0.2, 0.25) is 5.91 Å². The summed E-state index contributed by atoms with van der Waals surface area (Å²) in [5.74, 6) is 0.510. The van der Waals surface area contributed by atoms with E-state index in [0.29, 0.717) is 29.0 Å². The molecule has 0 radical (unpaired) electrons. The van der Waals surface area contributed by atoms with Gasteiger partial charge in [-0.3, -0.25) is 14.3 Å². The number of hydrogen-bond donors (Lipinski definition) is 1. The largest absolute Gasteiger partial charge is 0.467 e. The standard InChI is InChI=1S/C20H15F3N6O2S/c21-20(22,23)13-3-1-4-14(9-13)26-17(30)12-32-19-28-27-18(16-10-24-6-7-25-16)29(19)11-15-5-2-8-31-15/h1-10H,11-12H2,(H,26,30). The molecule has 4 rings (SSSR count). The van der Waals surface area contributed by atoms with Crippen molar-refractivity contribution in [3.63, 3.8) is 0 Å². The topological polar surface area (TPSA) is 98.7 Å². The lowest BCUT2D eigenvalue weighted by atomic mass is 10.2. The third-order valence-electron chi connectivity index (χ3n) is 4.21. The monoisotopic (exact) mass is 460 g/mol. The van der Waals surface area contributed by atoms with E-state index in [9.17, 15) is 18.0 Å². The third-order valence-corrected chi connectivity index (χ3v) is 5.18. The van der Waals surface area contributed by atoms with Crippen molar-refractivity contribution >= 4 is 23.4 Å². The molecule has 4 aromatic rings. The highest BCUT2D eigenvalue weighted by Gasteiger charge is 2.30. The van der Waals surface area contributed by atoms with Gasteiger partial charge in [-0.15, -0.1) is 10.2 Å². The number of carbonyl (C=O) groups excluding carboxylic acids is 1. The Morgan fingerprint density at radius 3 is 2.75 bits per heavy atom. The van der Waals surface area contributed by atoms with Crippen LogP contribution in [0.1, 0.15) is 11.3 Å². The first-order chi connectivity index (χ1) is 15.4. The maximum atomic E-state index is 12.9. The molecule has 12 heteroatoms. The highest BCUT2D eigenvalue weighted by Crippen LogP contribution is 2.31. The van der Waals surface area contributed by atoms with Crippen molar-refractivity contribution in [2.24, 2.45) is 0 Å². The Morgan fingerprint density at radius 1 is 1.16 bits per heavy atom. The lowest BCUT2D eigenvalue weighted by molar-refractivity contribution is -0.137. The van der Waals surface area contributed by atoms with Crippen molar-refractivity contribution in [3.8, 4) is 11.5 Å². The van der Waals surface area contributed by atoms with Crippen LogP contribution in [0.3, 0.4) is 0 Å². The number of nitrogens with one attached hydrogen (secondary N) is 1. The maximum absolute atomic E-state index is 12.9. The highest BCUT2D eigenvalue weighted by molar-refractivity contribution is 7.99. The molecular formula is C20H15F3N6O2S. The molecule has 0 atom stereocenters. The smallest absolute Gasteiger partial charge is 0.416 e. The van der Waals surface area contributed by atoms with Gasteiger partial charge >= 0.3 is 6.18 Å². The van der Waals surface area contributed by atoms with Gasteiger partial charge in [-0.05, 0) is 30.3 Å². The minimum Gasteiger partial charge on any atom is -0.467 e. The van der Waals surface area contributed by atoms with Crippen LogP contribution in [-0.4, -0.2) is 36.4 Å². The van der Waals surface area contributed by atoms with Crippen molar-refractivity contribution in [2.75, 3.05) is 11.1 Å². The zero-order chi connectivity index (χ0) is 22.6. The molecule has 0 saturated heterocycles.